The number of hydrogen-bond acceptors (Lipinski definition) is 7. The molecular formula is C21H23F3N6O2. The van der Waals surface area contributed by atoms with Gasteiger partial charge in [0.2, 0.25) is 11.9 Å². The van der Waals surface area contributed by atoms with Gasteiger partial charge in [0.25, 0.3) is 0 Å². The smallest absolute Gasteiger partial charge is 0.224 e. The molecule has 2 aromatic heterocycles. The highest BCUT2D eigenvalue weighted by Gasteiger charge is 2.27. The number of fused-ring (bicyclic) bond motifs is 1. The quantitative estimate of drug-likeness (QED) is 0.541. The van der Waals surface area contributed by atoms with Crippen molar-refractivity contribution in [3.8, 4) is 0 Å². The Labute approximate surface area is 190 Å². The predicted octanol–water partition coefficient (Wildman–Crippen LogP) is 3.66. The SMILES string of the molecule is [2H]C1CC(O)C([2H])([2H])C([2H])([2H])C1([2H])Nc1ncc2nc(Nc3c(F)cc(F)cc3F)n(C3CCOC3)c2n1. The number of halogens is 3. The lowest BCUT2D eigenvalue weighted by atomic mass is 9.93. The van der Waals surface area contributed by atoms with E-state index in [1.807, 2.05) is 0 Å². The van der Waals surface area contributed by atoms with Crippen molar-refractivity contribution in [3.63, 3.8) is 0 Å². The monoisotopic (exact) mass is 454 g/mol. The second-order valence-electron chi connectivity index (χ2n) is 7.36. The average molecular weight is 454 g/mol. The van der Waals surface area contributed by atoms with E-state index in [0.717, 1.165) is 0 Å². The van der Waals surface area contributed by atoms with E-state index in [9.17, 15) is 18.3 Å². The van der Waals surface area contributed by atoms with Gasteiger partial charge in [-0.25, -0.2) is 23.1 Å². The molecule has 5 rings (SSSR count). The molecule has 3 aromatic rings. The summed E-state index contributed by atoms with van der Waals surface area (Å²) < 4.78 is 98.6. The van der Waals surface area contributed by atoms with Crippen LogP contribution in [0.3, 0.4) is 0 Å². The van der Waals surface area contributed by atoms with E-state index in [2.05, 4.69) is 25.6 Å². The third kappa shape index (κ3) is 4.09. The van der Waals surface area contributed by atoms with E-state index in [1.165, 1.54) is 10.8 Å². The third-order valence-corrected chi connectivity index (χ3v) is 5.11. The Morgan fingerprint density at radius 3 is 2.75 bits per heavy atom. The Bertz CT molecular complexity index is 1370. The summed E-state index contributed by atoms with van der Waals surface area (Å²) in [6.45, 7) is 0.590. The first-order valence-corrected chi connectivity index (χ1v) is 9.89. The van der Waals surface area contributed by atoms with Crippen LogP contribution in [0.4, 0.5) is 30.8 Å². The fraction of sp³-hybridized carbons (Fsp3) is 0.476. The number of hydrogen-bond donors (Lipinski definition) is 3. The molecule has 0 spiro atoms. The summed E-state index contributed by atoms with van der Waals surface area (Å²) in [5.41, 5.74) is -0.369. The summed E-state index contributed by atoms with van der Waals surface area (Å²) in [4.78, 5) is 12.7. The number of anilines is 3. The second kappa shape index (κ2) is 8.55. The van der Waals surface area contributed by atoms with Gasteiger partial charge in [-0.15, -0.1) is 0 Å². The number of nitrogens with one attached hydrogen (secondary N) is 2. The zero-order valence-corrected chi connectivity index (χ0v) is 16.6. The molecule has 8 nitrogen and oxygen atoms in total. The van der Waals surface area contributed by atoms with Gasteiger partial charge in [-0.1, -0.05) is 0 Å². The Hall–Kier alpha value is -2.92. The maximum atomic E-state index is 14.4. The summed E-state index contributed by atoms with van der Waals surface area (Å²) in [5.74, 6) is -3.86. The van der Waals surface area contributed by atoms with Crippen LogP contribution in [-0.4, -0.2) is 50.0 Å². The highest BCUT2D eigenvalue weighted by atomic mass is 19.1. The maximum absolute atomic E-state index is 14.4. The first-order valence-electron chi connectivity index (χ1n) is 13.0. The van der Waals surface area contributed by atoms with Crippen LogP contribution in [0.1, 0.15) is 46.3 Å². The van der Waals surface area contributed by atoms with Crippen molar-refractivity contribution in [3.05, 3.63) is 35.8 Å². The van der Waals surface area contributed by atoms with E-state index in [0.29, 0.717) is 25.2 Å². The van der Waals surface area contributed by atoms with Gasteiger partial charge in [-0.05, 0) is 32.0 Å². The first-order chi connectivity index (χ1) is 17.8. The Balaban J connectivity index is 1.58. The molecule has 1 aliphatic carbocycles. The van der Waals surface area contributed by atoms with Crippen LogP contribution >= 0.6 is 0 Å². The van der Waals surface area contributed by atoms with Gasteiger partial charge < -0.3 is 20.5 Å². The van der Waals surface area contributed by atoms with Crippen LogP contribution < -0.4 is 10.6 Å². The van der Waals surface area contributed by atoms with Crippen molar-refractivity contribution >= 4 is 28.7 Å². The highest BCUT2D eigenvalue weighted by molar-refractivity contribution is 5.76. The summed E-state index contributed by atoms with van der Waals surface area (Å²) >= 11 is 0. The third-order valence-electron chi connectivity index (χ3n) is 5.11. The normalized spacial score (nSPS) is 34.1. The van der Waals surface area contributed by atoms with Gasteiger partial charge in [-0.2, -0.15) is 4.98 Å². The minimum absolute atomic E-state index is 0.0576. The minimum atomic E-state index is -3.04. The van der Waals surface area contributed by atoms with E-state index >= 15 is 0 Å². The standard InChI is InChI=1S/C21H23F3N6O2/c22-11-7-15(23)18(16(24)8-11)28-21-27-17-9-25-20(26-12-1-3-14(31)4-2-12)29-19(17)30(21)13-5-6-32-10-13/h7-9,12-14,31H,1-6,10H2,(H,27,28)(H,25,26,29)/i1D,2D2,4D2,12D. The highest BCUT2D eigenvalue weighted by Crippen LogP contribution is 2.32. The van der Waals surface area contributed by atoms with Crippen LogP contribution in [0.2, 0.25) is 0 Å². The lowest BCUT2D eigenvalue weighted by Gasteiger charge is -2.26. The molecule has 1 saturated heterocycles. The van der Waals surface area contributed by atoms with Crippen molar-refractivity contribution in [1.29, 1.82) is 0 Å². The van der Waals surface area contributed by atoms with E-state index < -0.39 is 66.9 Å². The minimum Gasteiger partial charge on any atom is -0.393 e. The molecule has 3 N–H and O–H groups in total. The van der Waals surface area contributed by atoms with Crippen molar-refractivity contribution in [1.82, 2.24) is 19.5 Å². The zero-order chi connectivity index (χ0) is 27.6. The topological polar surface area (TPSA) is 97.1 Å². The largest absolute Gasteiger partial charge is 0.393 e. The molecule has 0 amide bonds. The van der Waals surface area contributed by atoms with Gasteiger partial charge in [0.15, 0.2) is 17.3 Å². The zero-order valence-electron chi connectivity index (χ0n) is 22.6. The molecule has 2 aliphatic rings. The lowest BCUT2D eigenvalue weighted by molar-refractivity contribution is 0.126. The fourth-order valence-corrected chi connectivity index (χ4v) is 3.59. The Morgan fingerprint density at radius 1 is 1.19 bits per heavy atom. The maximum Gasteiger partial charge on any atom is 0.224 e. The second-order valence-corrected chi connectivity index (χ2v) is 7.36. The van der Waals surface area contributed by atoms with Gasteiger partial charge in [-0.3, -0.25) is 4.57 Å². The molecule has 4 unspecified atom stereocenters. The molecule has 0 radical (unpaired) electrons. The van der Waals surface area contributed by atoms with Gasteiger partial charge >= 0.3 is 0 Å². The number of benzene rings is 1. The van der Waals surface area contributed by atoms with Crippen LogP contribution in [0.15, 0.2) is 18.3 Å². The number of ether oxygens (including phenoxy) is 1. The molecule has 4 atom stereocenters. The fourth-order valence-electron chi connectivity index (χ4n) is 3.59. The van der Waals surface area contributed by atoms with E-state index in [1.54, 1.807) is 0 Å². The molecule has 1 aliphatic heterocycles. The molecule has 0 bridgehead atoms. The van der Waals surface area contributed by atoms with Gasteiger partial charge in [0.05, 0.1) is 26.3 Å². The van der Waals surface area contributed by atoms with E-state index in [4.69, 9.17) is 13.0 Å². The number of imidazole rings is 1. The number of aromatic nitrogens is 4. The summed E-state index contributed by atoms with van der Waals surface area (Å²) in [5, 5.41) is 15.0. The Kier molecular flexibility index (Phi) is 4.01. The molecule has 11 heteroatoms. The number of nitrogens with zero attached hydrogens (tertiary/aromatic N) is 4. The first kappa shape index (κ1) is 15.0. The molecule has 1 saturated carbocycles. The molecule has 2 fully saturated rings. The average Bonchev–Trinajstić information content (AvgIpc) is 3.47. The predicted molar refractivity (Wildman–Crippen MR) is 111 cm³/mol. The number of aliphatic hydroxyl groups is 1. The van der Waals surface area contributed by atoms with Crippen molar-refractivity contribution in [2.24, 2.45) is 0 Å². The van der Waals surface area contributed by atoms with Crippen molar-refractivity contribution in [2.45, 2.75) is 50.1 Å². The van der Waals surface area contributed by atoms with Crippen molar-refractivity contribution in [2.75, 3.05) is 23.8 Å². The van der Waals surface area contributed by atoms with Crippen LogP contribution in [0.25, 0.3) is 11.2 Å². The van der Waals surface area contributed by atoms with E-state index in [-0.39, 0.29) is 29.7 Å². The molecular weight excluding hydrogens is 425 g/mol. The van der Waals surface area contributed by atoms with Crippen molar-refractivity contribution < 1.29 is 31.2 Å². The molecule has 32 heavy (non-hydrogen) atoms. The lowest BCUT2D eigenvalue weighted by Crippen LogP contribution is -2.29. The van der Waals surface area contributed by atoms with Crippen LogP contribution in [0, 0.1) is 17.5 Å². The van der Waals surface area contributed by atoms with Crippen LogP contribution in [-0.2, 0) is 4.74 Å². The number of aliphatic hydroxyl groups excluding tert-OH is 1. The summed E-state index contributed by atoms with van der Waals surface area (Å²) in [6.07, 6.45) is -8.09. The molecule has 1 aromatic carbocycles. The molecule has 170 valence electrons. The van der Waals surface area contributed by atoms with Gasteiger partial charge in [0.1, 0.15) is 17.0 Å². The number of rotatable bonds is 5. The summed E-state index contributed by atoms with van der Waals surface area (Å²) in [7, 11) is 0. The van der Waals surface area contributed by atoms with Gasteiger partial charge in [0, 0.05) is 31.6 Å². The van der Waals surface area contributed by atoms with Crippen LogP contribution in [0.5, 0.6) is 0 Å². The molecule has 3 heterocycles. The Morgan fingerprint density at radius 2 is 2.00 bits per heavy atom. The summed E-state index contributed by atoms with van der Waals surface area (Å²) in [6, 6.07) is -1.96.